The molecule has 1 N–H and O–H groups in total. The topological polar surface area (TPSA) is 66.8 Å². The Morgan fingerprint density at radius 2 is 1.83 bits per heavy atom. The quantitative estimate of drug-likeness (QED) is 0.835. The van der Waals surface area contributed by atoms with Crippen LogP contribution in [0.4, 0.5) is 4.79 Å². The second-order valence-corrected chi connectivity index (χ2v) is 7.47. The third-order valence-electron chi connectivity index (χ3n) is 4.17. The van der Waals surface area contributed by atoms with E-state index >= 15 is 0 Å². The van der Waals surface area contributed by atoms with Crippen molar-refractivity contribution in [2.45, 2.75) is 57.1 Å². The van der Waals surface area contributed by atoms with Crippen molar-refractivity contribution in [3.05, 3.63) is 35.4 Å². The standard InChI is InChI=1S/C18H24ClNO4/c1-17(2,3)24-16(23)20-10-4-9-18(20,15(21)22)11-13-5-7-14(12-19)8-6-13/h5-8H,4,9-12H2,1-3H3,(H,21,22). The number of hydrogen-bond donors (Lipinski definition) is 1. The van der Waals surface area contributed by atoms with Gasteiger partial charge in [0.1, 0.15) is 11.1 Å². The van der Waals surface area contributed by atoms with E-state index in [1.54, 1.807) is 20.8 Å². The van der Waals surface area contributed by atoms with Gasteiger partial charge >= 0.3 is 12.1 Å². The lowest BCUT2D eigenvalue weighted by Gasteiger charge is -2.36. The summed E-state index contributed by atoms with van der Waals surface area (Å²) < 4.78 is 5.41. The summed E-state index contributed by atoms with van der Waals surface area (Å²) in [5, 5.41) is 9.87. The number of carboxylic acid groups (broad SMARTS) is 1. The number of ether oxygens (including phenoxy) is 1. The molecule has 1 aromatic carbocycles. The van der Waals surface area contributed by atoms with E-state index in [1.165, 1.54) is 4.90 Å². The van der Waals surface area contributed by atoms with Crippen molar-refractivity contribution in [1.82, 2.24) is 4.90 Å². The van der Waals surface area contributed by atoms with Gasteiger partial charge in [-0.05, 0) is 44.7 Å². The van der Waals surface area contributed by atoms with E-state index in [4.69, 9.17) is 16.3 Å². The Labute approximate surface area is 147 Å². The molecule has 0 radical (unpaired) electrons. The number of nitrogens with zero attached hydrogens (tertiary/aromatic N) is 1. The first-order chi connectivity index (χ1) is 11.2. The maximum atomic E-state index is 12.5. The second-order valence-electron chi connectivity index (χ2n) is 7.20. The molecule has 5 nitrogen and oxygen atoms in total. The SMILES string of the molecule is CC(C)(C)OC(=O)N1CCCC1(Cc1ccc(CCl)cc1)C(=O)O. The summed E-state index contributed by atoms with van der Waals surface area (Å²) in [6.07, 6.45) is 0.744. The minimum Gasteiger partial charge on any atom is -0.479 e. The zero-order valence-corrected chi connectivity index (χ0v) is 15.1. The first-order valence-corrected chi connectivity index (χ1v) is 8.59. The van der Waals surface area contributed by atoms with Gasteiger partial charge in [-0.2, -0.15) is 0 Å². The molecular weight excluding hydrogens is 330 g/mol. The number of rotatable bonds is 4. The van der Waals surface area contributed by atoms with Crippen LogP contribution in [0, 0.1) is 0 Å². The minimum absolute atomic E-state index is 0.254. The molecule has 1 saturated heterocycles. The average Bonchev–Trinajstić information content (AvgIpc) is 2.91. The van der Waals surface area contributed by atoms with Gasteiger partial charge in [-0.1, -0.05) is 24.3 Å². The Hall–Kier alpha value is -1.75. The lowest BCUT2D eigenvalue weighted by atomic mass is 9.88. The fourth-order valence-electron chi connectivity index (χ4n) is 3.03. The molecule has 0 bridgehead atoms. The molecule has 1 aromatic rings. The molecule has 0 spiro atoms. The number of benzene rings is 1. The van der Waals surface area contributed by atoms with Crippen molar-refractivity contribution < 1.29 is 19.4 Å². The van der Waals surface area contributed by atoms with Crippen molar-refractivity contribution in [3.63, 3.8) is 0 Å². The van der Waals surface area contributed by atoms with Crippen molar-refractivity contribution in [1.29, 1.82) is 0 Å². The Morgan fingerprint density at radius 1 is 1.25 bits per heavy atom. The summed E-state index contributed by atoms with van der Waals surface area (Å²) in [5.41, 5.74) is -0.0848. The van der Waals surface area contributed by atoms with Crippen LogP contribution in [0.2, 0.25) is 0 Å². The molecule has 0 aliphatic carbocycles. The normalized spacial score (nSPS) is 20.9. The van der Waals surface area contributed by atoms with Crippen LogP contribution in [-0.2, 0) is 21.8 Å². The van der Waals surface area contributed by atoms with Crippen molar-refractivity contribution >= 4 is 23.7 Å². The molecule has 1 unspecified atom stereocenters. The van der Waals surface area contributed by atoms with Crippen LogP contribution in [0.5, 0.6) is 0 Å². The molecule has 6 heteroatoms. The maximum absolute atomic E-state index is 12.5. The highest BCUT2D eigenvalue weighted by Gasteiger charge is 2.51. The van der Waals surface area contributed by atoms with Gasteiger partial charge in [-0.15, -0.1) is 11.6 Å². The predicted molar refractivity (Wildman–Crippen MR) is 92.2 cm³/mol. The third-order valence-corrected chi connectivity index (χ3v) is 4.48. The smallest absolute Gasteiger partial charge is 0.411 e. The van der Waals surface area contributed by atoms with Gasteiger partial charge in [0.2, 0.25) is 0 Å². The largest absolute Gasteiger partial charge is 0.479 e. The summed E-state index contributed by atoms with van der Waals surface area (Å²) in [6, 6.07) is 7.50. The molecule has 0 saturated carbocycles. The Kier molecular flexibility index (Phi) is 5.43. The van der Waals surface area contributed by atoms with Crippen molar-refractivity contribution in [3.8, 4) is 0 Å². The van der Waals surface area contributed by atoms with Gasteiger partial charge in [0.15, 0.2) is 0 Å². The van der Waals surface area contributed by atoms with Gasteiger partial charge in [0.05, 0.1) is 0 Å². The van der Waals surface area contributed by atoms with Gasteiger partial charge < -0.3 is 9.84 Å². The third kappa shape index (κ3) is 4.01. The number of carbonyl (C=O) groups is 2. The molecule has 0 aromatic heterocycles. The Bertz CT molecular complexity index is 608. The second kappa shape index (κ2) is 7.01. The van der Waals surface area contributed by atoms with E-state index in [2.05, 4.69) is 0 Å². The molecule has 1 aliphatic rings. The lowest BCUT2D eigenvalue weighted by Crippen LogP contribution is -2.55. The highest BCUT2D eigenvalue weighted by Crippen LogP contribution is 2.34. The van der Waals surface area contributed by atoms with Crippen LogP contribution in [0.3, 0.4) is 0 Å². The first kappa shape index (κ1) is 18.6. The van der Waals surface area contributed by atoms with Crippen LogP contribution in [-0.4, -0.2) is 39.8 Å². The molecule has 1 atom stereocenters. The average molecular weight is 354 g/mol. The van der Waals surface area contributed by atoms with Crippen LogP contribution in [0.25, 0.3) is 0 Å². The summed E-state index contributed by atoms with van der Waals surface area (Å²) in [5.74, 6) is -0.582. The predicted octanol–water partition coefficient (Wildman–Crippen LogP) is 3.82. The number of amides is 1. The van der Waals surface area contributed by atoms with E-state index < -0.39 is 23.2 Å². The number of alkyl halides is 1. The number of aliphatic carboxylic acids is 1. The van der Waals surface area contributed by atoms with Gasteiger partial charge in [0, 0.05) is 18.8 Å². The number of carbonyl (C=O) groups excluding carboxylic acids is 1. The zero-order chi connectivity index (χ0) is 18.0. The highest BCUT2D eigenvalue weighted by atomic mass is 35.5. The molecule has 1 fully saturated rings. The molecule has 1 aliphatic heterocycles. The van der Waals surface area contributed by atoms with E-state index in [0.29, 0.717) is 25.3 Å². The van der Waals surface area contributed by atoms with Crippen molar-refractivity contribution in [2.24, 2.45) is 0 Å². The molecule has 1 heterocycles. The fourth-order valence-corrected chi connectivity index (χ4v) is 3.21. The lowest BCUT2D eigenvalue weighted by molar-refractivity contribution is -0.149. The monoisotopic (exact) mass is 353 g/mol. The zero-order valence-electron chi connectivity index (χ0n) is 14.3. The molecule has 132 valence electrons. The van der Waals surface area contributed by atoms with E-state index in [1.807, 2.05) is 24.3 Å². The number of likely N-dealkylation sites (tertiary alicyclic amines) is 1. The van der Waals surface area contributed by atoms with Crippen molar-refractivity contribution in [2.75, 3.05) is 6.54 Å². The molecule has 2 rings (SSSR count). The Morgan fingerprint density at radius 3 is 2.33 bits per heavy atom. The summed E-state index contributed by atoms with van der Waals surface area (Å²) in [7, 11) is 0. The summed E-state index contributed by atoms with van der Waals surface area (Å²) in [4.78, 5) is 25.9. The maximum Gasteiger partial charge on any atom is 0.411 e. The van der Waals surface area contributed by atoms with E-state index in [0.717, 1.165) is 11.1 Å². The van der Waals surface area contributed by atoms with Gasteiger partial charge in [0.25, 0.3) is 0 Å². The van der Waals surface area contributed by atoms with Crippen LogP contribution in [0.15, 0.2) is 24.3 Å². The van der Waals surface area contributed by atoms with Gasteiger partial charge in [-0.25, -0.2) is 9.59 Å². The number of carboxylic acids is 1. The molecule has 24 heavy (non-hydrogen) atoms. The van der Waals surface area contributed by atoms with E-state index in [-0.39, 0.29) is 6.42 Å². The number of hydrogen-bond acceptors (Lipinski definition) is 3. The summed E-state index contributed by atoms with van der Waals surface area (Å²) in [6.45, 7) is 5.71. The Balaban J connectivity index is 2.27. The molecular formula is C18H24ClNO4. The van der Waals surface area contributed by atoms with Crippen LogP contribution >= 0.6 is 11.6 Å². The first-order valence-electron chi connectivity index (χ1n) is 8.06. The van der Waals surface area contributed by atoms with Gasteiger partial charge in [-0.3, -0.25) is 4.90 Å². The fraction of sp³-hybridized carbons (Fsp3) is 0.556. The van der Waals surface area contributed by atoms with Crippen LogP contribution < -0.4 is 0 Å². The number of halogens is 1. The van der Waals surface area contributed by atoms with Crippen LogP contribution in [0.1, 0.15) is 44.7 Å². The molecule has 1 amide bonds. The van der Waals surface area contributed by atoms with E-state index in [9.17, 15) is 14.7 Å². The minimum atomic E-state index is -1.26. The summed E-state index contributed by atoms with van der Waals surface area (Å²) >= 11 is 5.79. The highest BCUT2D eigenvalue weighted by molar-refractivity contribution is 6.17.